The predicted molar refractivity (Wildman–Crippen MR) is 164 cm³/mol. The molecule has 0 radical (unpaired) electrons. The molecule has 11 heteroatoms. The second-order valence-electron chi connectivity index (χ2n) is 10.2. The number of carbonyl (C=O) groups excluding carboxylic acids is 2. The molecule has 1 aromatic heterocycles. The molecule has 4 aromatic rings. The van der Waals surface area contributed by atoms with E-state index in [0.717, 1.165) is 11.1 Å². The molecule has 0 spiro atoms. The van der Waals surface area contributed by atoms with Gasteiger partial charge in [0, 0.05) is 38.6 Å². The molecule has 1 N–H and O–H groups in total. The van der Waals surface area contributed by atoms with Crippen molar-refractivity contribution in [2.45, 2.75) is 24.0 Å². The van der Waals surface area contributed by atoms with Crippen LogP contribution in [-0.4, -0.2) is 67.3 Å². The summed E-state index contributed by atoms with van der Waals surface area (Å²) in [5.41, 5.74) is 2.38. The van der Waals surface area contributed by atoms with Crippen LogP contribution in [0.2, 0.25) is 0 Å². The van der Waals surface area contributed by atoms with Crippen molar-refractivity contribution in [2.75, 3.05) is 32.9 Å². The zero-order valence-electron chi connectivity index (χ0n) is 24.1. The number of amides is 2. The maximum absolute atomic E-state index is 13.8. The molecule has 0 bridgehead atoms. The summed E-state index contributed by atoms with van der Waals surface area (Å²) >= 11 is 0. The summed E-state index contributed by atoms with van der Waals surface area (Å²) in [6.07, 6.45) is 3.31. The van der Waals surface area contributed by atoms with Gasteiger partial charge in [-0.15, -0.1) is 0 Å². The van der Waals surface area contributed by atoms with Crippen molar-refractivity contribution in [3.8, 4) is 5.75 Å². The molecular weight excluding hydrogens is 580 g/mol. The van der Waals surface area contributed by atoms with E-state index in [-0.39, 0.29) is 30.5 Å². The van der Waals surface area contributed by atoms with Gasteiger partial charge < -0.3 is 19.7 Å². The van der Waals surface area contributed by atoms with Crippen LogP contribution in [0.25, 0.3) is 0 Å². The molecule has 228 valence electrons. The third-order valence-corrected chi connectivity index (χ3v) is 9.11. The Hall–Kier alpha value is -4.58. The Bertz CT molecular complexity index is 1620. The van der Waals surface area contributed by atoms with E-state index in [1.165, 1.54) is 33.5 Å². The van der Waals surface area contributed by atoms with Crippen LogP contribution in [0.1, 0.15) is 22.7 Å². The molecule has 2 amide bonds. The van der Waals surface area contributed by atoms with Crippen molar-refractivity contribution in [2.24, 2.45) is 0 Å². The Balaban J connectivity index is 1.35. The summed E-state index contributed by atoms with van der Waals surface area (Å²) < 4.78 is 38.4. The predicted octanol–water partition coefficient (Wildman–Crippen LogP) is 3.57. The van der Waals surface area contributed by atoms with Gasteiger partial charge >= 0.3 is 0 Å². The molecule has 1 aliphatic rings. The molecule has 0 saturated carbocycles. The summed E-state index contributed by atoms with van der Waals surface area (Å²) in [7, 11) is -3.66. The SMILES string of the molecule is O=C(NCc1ccncc1)C(c1ccccc1)N(Cc1ccccc1)C(=O)COc1ccc(S(=O)(=O)N2CCOCC2)cc1. The number of morpholine rings is 1. The average molecular weight is 615 g/mol. The minimum atomic E-state index is -3.66. The number of benzene rings is 3. The molecule has 3 aromatic carbocycles. The van der Waals surface area contributed by atoms with Gasteiger partial charge in [-0.1, -0.05) is 60.7 Å². The van der Waals surface area contributed by atoms with Crippen LogP contribution in [0, 0.1) is 0 Å². The third kappa shape index (κ3) is 7.87. The first-order valence-corrected chi connectivity index (χ1v) is 15.7. The standard InChI is InChI=1S/C33H34N4O6S/c38-31(25-43-29-11-13-30(14-12-29)44(40,41)36-19-21-42-22-20-36)37(24-27-7-3-1-4-8-27)32(28-9-5-2-6-10-28)33(39)35-23-26-15-17-34-18-16-26/h1-18,32H,19-25H2,(H,35,39). The van der Waals surface area contributed by atoms with Crippen LogP contribution >= 0.6 is 0 Å². The van der Waals surface area contributed by atoms with Gasteiger partial charge in [0.2, 0.25) is 15.9 Å². The van der Waals surface area contributed by atoms with Gasteiger partial charge in [0.1, 0.15) is 11.8 Å². The minimum Gasteiger partial charge on any atom is -0.484 e. The van der Waals surface area contributed by atoms with E-state index in [1.807, 2.05) is 72.8 Å². The molecule has 44 heavy (non-hydrogen) atoms. The van der Waals surface area contributed by atoms with Gasteiger partial charge in [-0.3, -0.25) is 14.6 Å². The second-order valence-corrected chi connectivity index (χ2v) is 12.1. The van der Waals surface area contributed by atoms with Crippen molar-refractivity contribution in [3.63, 3.8) is 0 Å². The van der Waals surface area contributed by atoms with Crippen molar-refractivity contribution in [3.05, 3.63) is 126 Å². The normalized spacial score (nSPS) is 14.4. The summed E-state index contributed by atoms with van der Waals surface area (Å²) in [5.74, 6) is -0.418. The van der Waals surface area contributed by atoms with Crippen molar-refractivity contribution in [1.82, 2.24) is 19.5 Å². The summed E-state index contributed by atoms with van der Waals surface area (Å²) in [6.45, 7) is 1.39. The number of aromatic nitrogens is 1. The number of rotatable bonds is 12. The molecular formula is C33H34N4O6S. The molecule has 2 heterocycles. The van der Waals surface area contributed by atoms with Crippen LogP contribution in [0.5, 0.6) is 5.75 Å². The molecule has 0 aliphatic carbocycles. The first kappa shape index (κ1) is 30.9. The third-order valence-electron chi connectivity index (χ3n) is 7.20. The Kier molecular flexibility index (Phi) is 10.3. The van der Waals surface area contributed by atoms with Gasteiger partial charge in [0.15, 0.2) is 6.61 Å². The van der Waals surface area contributed by atoms with Crippen LogP contribution in [0.4, 0.5) is 0 Å². The molecule has 1 unspecified atom stereocenters. The highest BCUT2D eigenvalue weighted by Gasteiger charge is 2.32. The maximum Gasteiger partial charge on any atom is 0.261 e. The second kappa shape index (κ2) is 14.7. The monoisotopic (exact) mass is 614 g/mol. The Morgan fingerprint density at radius 2 is 1.50 bits per heavy atom. The fourth-order valence-electron chi connectivity index (χ4n) is 4.87. The number of sulfonamides is 1. The fraction of sp³-hybridized carbons (Fsp3) is 0.242. The van der Waals surface area contributed by atoms with Crippen molar-refractivity contribution >= 4 is 21.8 Å². The van der Waals surface area contributed by atoms with Gasteiger partial charge in [-0.25, -0.2) is 8.42 Å². The molecule has 5 rings (SSSR count). The van der Waals surface area contributed by atoms with Gasteiger partial charge in [-0.05, 0) is 53.1 Å². The number of nitrogens with zero attached hydrogens (tertiary/aromatic N) is 3. The molecule has 10 nitrogen and oxygen atoms in total. The number of pyridine rings is 1. The number of hydrogen-bond acceptors (Lipinski definition) is 7. The van der Waals surface area contributed by atoms with Crippen molar-refractivity contribution < 1.29 is 27.5 Å². The van der Waals surface area contributed by atoms with Crippen LogP contribution < -0.4 is 10.1 Å². The Labute approximate surface area is 257 Å². The molecule has 1 aliphatic heterocycles. The van der Waals surface area contributed by atoms with E-state index in [4.69, 9.17) is 9.47 Å². The molecule has 1 atom stereocenters. The number of nitrogens with one attached hydrogen (secondary N) is 1. The highest BCUT2D eigenvalue weighted by Crippen LogP contribution is 2.25. The first-order valence-electron chi connectivity index (χ1n) is 14.3. The smallest absolute Gasteiger partial charge is 0.261 e. The highest BCUT2D eigenvalue weighted by atomic mass is 32.2. The maximum atomic E-state index is 13.8. The fourth-order valence-corrected chi connectivity index (χ4v) is 6.28. The van der Waals surface area contributed by atoms with Gasteiger partial charge in [-0.2, -0.15) is 4.31 Å². The van der Waals surface area contributed by atoms with Gasteiger partial charge in [0.05, 0.1) is 18.1 Å². The van der Waals surface area contributed by atoms with E-state index >= 15 is 0 Å². The lowest BCUT2D eigenvalue weighted by Crippen LogP contribution is -2.45. The zero-order chi connectivity index (χ0) is 30.8. The quantitative estimate of drug-likeness (QED) is 0.259. The van der Waals surface area contributed by atoms with E-state index in [9.17, 15) is 18.0 Å². The number of hydrogen-bond donors (Lipinski definition) is 1. The van der Waals surface area contributed by atoms with Gasteiger partial charge in [0.25, 0.3) is 5.91 Å². The molecule has 1 fully saturated rings. The number of carbonyl (C=O) groups is 2. The van der Waals surface area contributed by atoms with E-state index < -0.39 is 22.0 Å². The van der Waals surface area contributed by atoms with E-state index in [0.29, 0.717) is 37.6 Å². The zero-order valence-corrected chi connectivity index (χ0v) is 24.9. The van der Waals surface area contributed by atoms with Crippen LogP contribution in [-0.2, 0) is 37.4 Å². The largest absolute Gasteiger partial charge is 0.484 e. The summed E-state index contributed by atoms with van der Waals surface area (Å²) in [5, 5.41) is 2.97. The number of ether oxygens (including phenoxy) is 2. The lowest BCUT2D eigenvalue weighted by Gasteiger charge is -2.31. The van der Waals surface area contributed by atoms with Crippen LogP contribution in [0.15, 0.2) is 114 Å². The van der Waals surface area contributed by atoms with Crippen LogP contribution in [0.3, 0.4) is 0 Å². The lowest BCUT2D eigenvalue weighted by molar-refractivity contribution is -0.143. The van der Waals surface area contributed by atoms with E-state index in [1.54, 1.807) is 12.4 Å². The highest BCUT2D eigenvalue weighted by molar-refractivity contribution is 7.89. The minimum absolute atomic E-state index is 0.138. The summed E-state index contributed by atoms with van der Waals surface area (Å²) in [6, 6.07) is 27.2. The first-order chi connectivity index (χ1) is 21.4. The van der Waals surface area contributed by atoms with Crippen molar-refractivity contribution in [1.29, 1.82) is 0 Å². The Morgan fingerprint density at radius 1 is 0.864 bits per heavy atom. The molecule has 1 saturated heterocycles. The average Bonchev–Trinajstić information content (AvgIpc) is 3.08. The lowest BCUT2D eigenvalue weighted by atomic mass is 10.0. The van der Waals surface area contributed by atoms with E-state index in [2.05, 4.69) is 10.3 Å². The Morgan fingerprint density at radius 3 is 2.16 bits per heavy atom. The topological polar surface area (TPSA) is 118 Å². The summed E-state index contributed by atoms with van der Waals surface area (Å²) in [4.78, 5) is 33.3.